The Hall–Kier alpha value is -0.880. The Morgan fingerprint density at radius 1 is 1.67 bits per heavy atom. The van der Waals surface area contributed by atoms with E-state index in [0.717, 1.165) is 9.35 Å². The maximum absolute atomic E-state index is 10.9. The van der Waals surface area contributed by atoms with Gasteiger partial charge in [-0.15, -0.1) is 11.3 Å². The number of thiophene rings is 1. The van der Waals surface area contributed by atoms with Crippen LogP contribution in [0.4, 0.5) is 0 Å². The maximum Gasteiger partial charge on any atom is 0.305 e. The van der Waals surface area contributed by atoms with Crippen LogP contribution >= 0.6 is 27.3 Å². The quantitative estimate of drug-likeness (QED) is 0.893. The monoisotopic (exact) mass is 291 g/mol. The molecule has 0 saturated heterocycles. The van der Waals surface area contributed by atoms with Crippen molar-refractivity contribution in [1.82, 2.24) is 5.32 Å². The standard InChI is InChI=1S/C9H10BrNO3S/c1-5(12)11-7(3-9(13)14)8-2-6(10)4-15-8/h2,4,7H,3H2,1H3,(H,11,12)(H,13,14)/t7-/m0/s1. The van der Waals surface area contributed by atoms with Gasteiger partial charge in [0.05, 0.1) is 12.5 Å². The van der Waals surface area contributed by atoms with E-state index in [1.807, 2.05) is 11.4 Å². The molecule has 0 unspecified atom stereocenters. The van der Waals surface area contributed by atoms with Gasteiger partial charge in [-0.25, -0.2) is 0 Å². The van der Waals surface area contributed by atoms with E-state index < -0.39 is 12.0 Å². The smallest absolute Gasteiger partial charge is 0.305 e. The zero-order valence-corrected chi connectivity index (χ0v) is 10.4. The first-order valence-corrected chi connectivity index (χ1v) is 5.89. The first-order chi connectivity index (χ1) is 6.99. The average molecular weight is 292 g/mol. The van der Waals surface area contributed by atoms with Crippen LogP contribution in [0.15, 0.2) is 15.9 Å². The van der Waals surface area contributed by atoms with E-state index in [4.69, 9.17) is 5.11 Å². The number of amides is 1. The Kier molecular flexibility index (Phi) is 4.28. The van der Waals surface area contributed by atoms with Gasteiger partial charge < -0.3 is 10.4 Å². The molecule has 1 aromatic rings. The summed E-state index contributed by atoms with van der Waals surface area (Å²) < 4.78 is 0.892. The molecule has 0 bridgehead atoms. The van der Waals surface area contributed by atoms with Gasteiger partial charge >= 0.3 is 5.97 Å². The van der Waals surface area contributed by atoms with Crippen molar-refractivity contribution in [3.8, 4) is 0 Å². The molecule has 0 saturated carbocycles. The predicted octanol–water partition coefficient (Wildman–Crippen LogP) is 2.16. The molecule has 1 heterocycles. The molecule has 0 aliphatic heterocycles. The summed E-state index contributed by atoms with van der Waals surface area (Å²) in [6.07, 6.45) is -0.105. The molecule has 0 radical (unpaired) electrons. The molecule has 1 amide bonds. The summed E-state index contributed by atoms with van der Waals surface area (Å²) in [6.45, 7) is 1.37. The highest BCUT2D eigenvalue weighted by Crippen LogP contribution is 2.27. The largest absolute Gasteiger partial charge is 0.481 e. The normalized spacial score (nSPS) is 12.1. The number of carboxylic acids is 1. The second-order valence-electron chi connectivity index (χ2n) is 3.02. The van der Waals surface area contributed by atoms with E-state index >= 15 is 0 Å². The molecule has 2 N–H and O–H groups in total. The number of hydrogen-bond donors (Lipinski definition) is 2. The van der Waals surface area contributed by atoms with Crippen molar-refractivity contribution in [2.24, 2.45) is 0 Å². The highest BCUT2D eigenvalue weighted by molar-refractivity contribution is 9.10. The summed E-state index contributed by atoms with van der Waals surface area (Å²) in [4.78, 5) is 22.4. The summed E-state index contributed by atoms with van der Waals surface area (Å²) in [5, 5.41) is 13.2. The highest BCUT2D eigenvalue weighted by atomic mass is 79.9. The molecule has 1 aromatic heterocycles. The van der Waals surface area contributed by atoms with Crippen molar-refractivity contribution in [2.75, 3.05) is 0 Å². The third-order valence-corrected chi connectivity index (χ3v) is 3.49. The van der Waals surface area contributed by atoms with Crippen LogP contribution in [0.3, 0.4) is 0 Å². The van der Waals surface area contributed by atoms with Gasteiger partial charge in [0, 0.05) is 21.7 Å². The van der Waals surface area contributed by atoms with Crippen LogP contribution < -0.4 is 5.32 Å². The van der Waals surface area contributed by atoms with Crippen LogP contribution in [0.2, 0.25) is 0 Å². The van der Waals surface area contributed by atoms with Crippen LogP contribution in [0.25, 0.3) is 0 Å². The molecular formula is C9H10BrNO3S. The number of aliphatic carboxylic acids is 1. The SMILES string of the molecule is CC(=O)N[C@@H](CC(=O)O)c1cc(Br)cs1. The molecule has 82 valence electrons. The van der Waals surface area contributed by atoms with Crippen molar-refractivity contribution in [3.05, 3.63) is 20.8 Å². The van der Waals surface area contributed by atoms with Crippen LogP contribution in [0.1, 0.15) is 24.3 Å². The lowest BCUT2D eigenvalue weighted by Gasteiger charge is -2.13. The zero-order valence-electron chi connectivity index (χ0n) is 7.99. The average Bonchev–Trinajstić information content (AvgIpc) is 2.48. The molecular weight excluding hydrogens is 282 g/mol. The molecule has 4 nitrogen and oxygen atoms in total. The van der Waals surface area contributed by atoms with Gasteiger partial charge in [-0.1, -0.05) is 0 Å². The van der Waals surface area contributed by atoms with Gasteiger partial charge in [0.1, 0.15) is 0 Å². The number of nitrogens with one attached hydrogen (secondary N) is 1. The van der Waals surface area contributed by atoms with Crippen molar-refractivity contribution in [1.29, 1.82) is 0 Å². The first-order valence-electron chi connectivity index (χ1n) is 4.22. The molecule has 1 rings (SSSR count). The summed E-state index contributed by atoms with van der Waals surface area (Å²) in [5.74, 6) is -1.16. The van der Waals surface area contributed by atoms with Crippen LogP contribution in [0, 0.1) is 0 Å². The summed E-state index contributed by atoms with van der Waals surface area (Å²) in [5.41, 5.74) is 0. The molecule has 1 atom stereocenters. The number of halogens is 1. The van der Waals surface area contributed by atoms with E-state index in [-0.39, 0.29) is 12.3 Å². The first kappa shape index (κ1) is 12.2. The fraction of sp³-hybridized carbons (Fsp3) is 0.333. The van der Waals surface area contributed by atoms with Crippen LogP contribution in [-0.4, -0.2) is 17.0 Å². The van der Waals surface area contributed by atoms with Gasteiger partial charge in [0.15, 0.2) is 0 Å². The predicted molar refractivity (Wildman–Crippen MR) is 60.8 cm³/mol. The van der Waals surface area contributed by atoms with Crippen LogP contribution in [-0.2, 0) is 9.59 Å². The van der Waals surface area contributed by atoms with Gasteiger partial charge in [0.2, 0.25) is 5.91 Å². The molecule has 0 aromatic carbocycles. The summed E-state index contributed by atoms with van der Waals surface area (Å²) in [6, 6.07) is 1.37. The number of carboxylic acid groups (broad SMARTS) is 1. The number of rotatable bonds is 4. The lowest BCUT2D eigenvalue weighted by atomic mass is 10.1. The van der Waals surface area contributed by atoms with Gasteiger partial charge in [0.25, 0.3) is 0 Å². The van der Waals surface area contributed by atoms with Crippen molar-refractivity contribution < 1.29 is 14.7 Å². The minimum absolute atomic E-state index is 0.105. The number of carbonyl (C=O) groups excluding carboxylic acids is 1. The van der Waals surface area contributed by atoms with Gasteiger partial charge in [-0.05, 0) is 22.0 Å². The third-order valence-electron chi connectivity index (χ3n) is 1.69. The van der Waals surface area contributed by atoms with Gasteiger partial charge in [-0.3, -0.25) is 9.59 Å². The van der Waals surface area contributed by atoms with E-state index in [1.165, 1.54) is 18.3 Å². The minimum Gasteiger partial charge on any atom is -0.481 e. The Balaban J connectivity index is 2.80. The Morgan fingerprint density at radius 2 is 2.33 bits per heavy atom. The fourth-order valence-electron chi connectivity index (χ4n) is 1.15. The fourth-order valence-corrected chi connectivity index (χ4v) is 2.65. The highest BCUT2D eigenvalue weighted by Gasteiger charge is 2.17. The number of hydrogen-bond acceptors (Lipinski definition) is 3. The Morgan fingerprint density at radius 3 is 2.73 bits per heavy atom. The van der Waals surface area contributed by atoms with E-state index in [1.54, 1.807) is 0 Å². The molecule has 0 fully saturated rings. The minimum atomic E-state index is -0.932. The van der Waals surface area contributed by atoms with Crippen molar-refractivity contribution in [3.63, 3.8) is 0 Å². The van der Waals surface area contributed by atoms with Crippen LogP contribution in [0.5, 0.6) is 0 Å². The van der Waals surface area contributed by atoms with Crippen molar-refractivity contribution in [2.45, 2.75) is 19.4 Å². The Labute approximate surface area is 99.4 Å². The zero-order chi connectivity index (χ0) is 11.4. The van der Waals surface area contributed by atoms with E-state index in [9.17, 15) is 9.59 Å². The molecule has 0 aliphatic carbocycles. The summed E-state index contributed by atoms with van der Waals surface area (Å²) in [7, 11) is 0. The topological polar surface area (TPSA) is 66.4 Å². The lowest BCUT2D eigenvalue weighted by Crippen LogP contribution is -2.27. The van der Waals surface area contributed by atoms with E-state index in [2.05, 4.69) is 21.2 Å². The second-order valence-corrected chi connectivity index (χ2v) is 4.88. The molecule has 15 heavy (non-hydrogen) atoms. The summed E-state index contributed by atoms with van der Waals surface area (Å²) >= 11 is 4.70. The van der Waals surface area contributed by atoms with E-state index in [0.29, 0.717) is 0 Å². The number of carbonyl (C=O) groups is 2. The maximum atomic E-state index is 10.9. The van der Waals surface area contributed by atoms with Gasteiger partial charge in [-0.2, -0.15) is 0 Å². The molecule has 6 heteroatoms. The molecule has 0 aliphatic rings. The third kappa shape index (κ3) is 4.01. The van der Waals surface area contributed by atoms with Crippen molar-refractivity contribution >= 4 is 39.1 Å². The molecule has 0 spiro atoms. The Bertz CT molecular complexity index is 361. The second kappa shape index (κ2) is 5.27. The lowest BCUT2D eigenvalue weighted by molar-refractivity contribution is -0.137.